The monoisotopic (exact) mass is 500 g/mol. The van der Waals surface area contributed by atoms with Crippen LogP contribution in [0.1, 0.15) is 70.9 Å². The number of aryl methyl sites for hydroxylation is 1. The number of hydrogen-bond acceptors (Lipinski definition) is 6. The standard InChI is InChI=1S/C27H37FN4O4/c1-17(2)35-27(34)18-7-5-10-20(15-18)36-24-13-11-22(30-26(24)28)21-16-29-32(4)23(21)12-14-25(33)31(3)19-8-6-9-19/h11,13,16-20H,5-10,12,14-15H2,1-4H3/t18-,20-/m0/s1. The molecule has 0 N–H and O–H groups in total. The number of ether oxygens (including phenoxy) is 2. The maximum absolute atomic E-state index is 15.0. The molecule has 2 aromatic heterocycles. The maximum Gasteiger partial charge on any atom is 0.309 e. The molecule has 0 saturated heterocycles. The van der Waals surface area contributed by atoms with Gasteiger partial charge in [0.2, 0.25) is 5.91 Å². The molecule has 2 fully saturated rings. The number of carbonyl (C=O) groups excluding carboxylic acids is 2. The molecule has 36 heavy (non-hydrogen) atoms. The molecule has 0 radical (unpaired) electrons. The van der Waals surface area contributed by atoms with Crippen molar-refractivity contribution in [1.82, 2.24) is 19.7 Å². The van der Waals surface area contributed by atoms with Crippen molar-refractivity contribution in [2.45, 2.75) is 89.9 Å². The lowest BCUT2D eigenvalue weighted by Gasteiger charge is -2.34. The van der Waals surface area contributed by atoms with Crippen molar-refractivity contribution in [3.63, 3.8) is 0 Å². The summed E-state index contributed by atoms with van der Waals surface area (Å²) in [6.45, 7) is 3.66. The topological polar surface area (TPSA) is 86.5 Å². The predicted molar refractivity (Wildman–Crippen MR) is 133 cm³/mol. The van der Waals surface area contributed by atoms with Crippen LogP contribution < -0.4 is 4.74 Å². The Balaban J connectivity index is 1.40. The first-order valence-electron chi connectivity index (χ1n) is 13.0. The van der Waals surface area contributed by atoms with E-state index in [4.69, 9.17) is 9.47 Å². The van der Waals surface area contributed by atoms with E-state index in [0.717, 1.165) is 37.8 Å². The van der Waals surface area contributed by atoms with Crippen LogP contribution >= 0.6 is 0 Å². The lowest BCUT2D eigenvalue weighted by atomic mass is 9.87. The Morgan fingerprint density at radius 1 is 1.19 bits per heavy atom. The van der Waals surface area contributed by atoms with Gasteiger partial charge in [-0.1, -0.05) is 0 Å². The van der Waals surface area contributed by atoms with Gasteiger partial charge in [-0.15, -0.1) is 0 Å². The van der Waals surface area contributed by atoms with Crippen LogP contribution in [0.15, 0.2) is 18.3 Å². The summed E-state index contributed by atoms with van der Waals surface area (Å²) in [6, 6.07) is 3.65. The van der Waals surface area contributed by atoms with Gasteiger partial charge in [-0.05, 0) is 77.3 Å². The number of rotatable bonds is 9. The lowest BCUT2D eigenvalue weighted by molar-refractivity contribution is -0.154. The van der Waals surface area contributed by atoms with E-state index in [1.54, 1.807) is 23.0 Å². The molecular weight excluding hydrogens is 463 g/mol. The summed E-state index contributed by atoms with van der Waals surface area (Å²) in [6.07, 6.45) is 8.25. The average Bonchev–Trinajstić information content (AvgIpc) is 3.17. The first kappa shape index (κ1) is 26.1. The quantitative estimate of drug-likeness (QED) is 0.373. The minimum atomic E-state index is -0.699. The van der Waals surface area contributed by atoms with Crippen LogP contribution in [0.4, 0.5) is 4.39 Å². The minimum absolute atomic E-state index is 0.0735. The van der Waals surface area contributed by atoms with Crippen LogP contribution in [-0.2, 0) is 27.8 Å². The number of esters is 1. The SMILES string of the molecule is CC(C)OC(=O)[C@H]1CCC[C@H](Oc2ccc(-c3cnn(C)c3CCC(=O)N(C)C3CCC3)nc2F)C1. The highest BCUT2D eigenvalue weighted by Crippen LogP contribution is 2.32. The number of hydrogen-bond donors (Lipinski definition) is 0. The molecule has 9 heteroatoms. The van der Waals surface area contributed by atoms with Crippen LogP contribution in [-0.4, -0.2) is 56.8 Å². The Morgan fingerprint density at radius 3 is 2.61 bits per heavy atom. The van der Waals surface area contributed by atoms with E-state index >= 15 is 0 Å². The number of pyridine rings is 1. The van der Waals surface area contributed by atoms with E-state index in [9.17, 15) is 14.0 Å². The van der Waals surface area contributed by atoms with Crippen molar-refractivity contribution >= 4 is 11.9 Å². The molecule has 2 aromatic rings. The van der Waals surface area contributed by atoms with E-state index in [1.807, 2.05) is 32.8 Å². The average molecular weight is 501 g/mol. The molecule has 4 rings (SSSR count). The second-order valence-electron chi connectivity index (χ2n) is 10.3. The third-order valence-corrected chi connectivity index (χ3v) is 7.35. The van der Waals surface area contributed by atoms with E-state index in [0.29, 0.717) is 36.6 Å². The molecule has 0 aliphatic heterocycles. The number of aromatic nitrogens is 3. The van der Waals surface area contributed by atoms with Crippen molar-refractivity contribution in [3.8, 4) is 17.0 Å². The van der Waals surface area contributed by atoms with Crippen molar-refractivity contribution in [2.24, 2.45) is 13.0 Å². The molecule has 8 nitrogen and oxygen atoms in total. The number of halogens is 1. The Kier molecular flexibility index (Phi) is 8.26. The Bertz CT molecular complexity index is 1080. The van der Waals surface area contributed by atoms with E-state index in [-0.39, 0.29) is 35.8 Å². The molecule has 2 saturated carbocycles. The third kappa shape index (κ3) is 6.05. The van der Waals surface area contributed by atoms with Crippen LogP contribution in [0.2, 0.25) is 0 Å². The van der Waals surface area contributed by atoms with Gasteiger partial charge in [0, 0.05) is 37.8 Å². The van der Waals surface area contributed by atoms with Crippen molar-refractivity contribution in [3.05, 3.63) is 30.0 Å². The van der Waals surface area contributed by atoms with E-state index in [2.05, 4.69) is 10.1 Å². The Hall–Kier alpha value is -2.97. The highest BCUT2D eigenvalue weighted by molar-refractivity contribution is 5.77. The van der Waals surface area contributed by atoms with E-state index in [1.165, 1.54) is 6.42 Å². The summed E-state index contributed by atoms with van der Waals surface area (Å²) in [5, 5.41) is 4.32. The summed E-state index contributed by atoms with van der Waals surface area (Å²) in [5.74, 6) is -0.962. The first-order valence-corrected chi connectivity index (χ1v) is 13.0. The van der Waals surface area contributed by atoms with Crippen molar-refractivity contribution in [2.75, 3.05) is 7.05 Å². The number of carbonyl (C=O) groups is 2. The van der Waals surface area contributed by atoms with Gasteiger partial charge in [0.25, 0.3) is 5.95 Å². The molecule has 2 atom stereocenters. The summed E-state index contributed by atoms with van der Waals surface area (Å²) in [5.41, 5.74) is 1.99. The molecular formula is C27H37FN4O4. The van der Waals surface area contributed by atoms with E-state index < -0.39 is 5.95 Å². The molecule has 0 aromatic carbocycles. The van der Waals surface area contributed by atoms with Gasteiger partial charge >= 0.3 is 5.97 Å². The summed E-state index contributed by atoms with van der Waals surface area (Å²) in [7, 11) is 3.68. The molecule has 0 bridgehead atoms. The number of amides is 1. The van der Waals surface area contributed by atoms with Crippen molar-refractivity contribution < 1.29 is 23.5 Å². The van der Waals surface area contributed by atoms with Gasteiger partial charge in [-0.3, -0.25) is 14.3 Å². The van der Waals surface area contributed by atoms with Crippen LogP contribution in [0.3, 0.4) is 0 Å². The molecule has 1 amide bonds. The second kappa shape index (κ2) is 11.4. The summed E-state index contributed by atoms with van der Waals surface area (Å²) >= 11 is 0. The van der Waals surface area contributed by atoms with Gasteiger partial charge in [0.05, 0.1) is 30.0 Å². The largest absolute Gasteiger partial charge is 0.486 e. The number of nitrogens with zero attached hydrogens (tertiary/aromatic N) is 4. The maximum atomic E-state index is 15.0. The fraction of sp³-hybridized carbons (Fsp3) is 0.630. The zero-order chi connectivity index (χ0) is 25.8. The Morgan fingerprint density at radius 2 is 1.94 bits per heavy atom. The summed E-state index contributed by atoms with van der Waals surface area (Å²) in [4.78, 5) is 30.9. The summed E-state index contributed by atoms with van der Waals surface area (Å²) < 4.78 is 28.0. The van der Waals surface area contributed by atoms with Crippen LogP contribution in [0.5, 0.6) is 5.75 Å². The highest BCUT2D eigenvalue weighted by Gasteiger charge is 2.31. The molecule has 0 unspecified atom stereocenters. The highest BCUT2D eigenvalue weighted by atomic mass is 19.1. The minimum Gasteiger partial charge on any atom is -0.486 e. The second-order valence-corrected chi connectivity index (χ2v) is 10.3. The molecule has 0 spiro atoms. The van der Waals surface area contributed by atoms with Gasteiger partial charge < -0.3 is 14.4 Å². The molecule has 2 aliphatic rings. The van der Waals surface area contributed by atoms with Crippen LogP contribution in [0.25, 0.3) is 11.3 Å². The Labute approximate surface area is 212 Å². The van der Waals surface area contributed by atoms with Gasteiger partial charge in [0.15, 0.2) is 5.75 Å². The smallest absolute Gasteiger partial charge is 0.309 e. The fourth-order valence-electron chi connectivity index (χ4n) is 4.99. The van der Waals surface area contributed by atoms with Crippen LogP contribution in [0, 0.1) is 11.9 Å². The fourth-order valence-corrected chi connectivity index (χ4v) is 4.99. The zero-order valence-corrected chi connectivity index (χ0v) is 21.7. The third-order valence-electron chi connectivity index (χ3n) is 7.35. The van der Waals surface area contributed by atoms with Gasteiger partial charge in [-0.2, -0.15) is 9.49 Å². The normalized spacial score (nSPS) is 20.2. The zero-order valence-electron chi connectivity index (χ0n) is 21.7. The van der Waals surface area contributed by atoms with Crippen molar-refractivity contribution in [1.29, 1.82) is 0 Å². The lowest BCUT2D eigenvalue weighted by Crippen LogP contribution is -2.41. The molecule has 2 heterocycles. The van der Waals surface area contributed by atoms with Gasteiger partial charge in [0.1, 0.15) is 0 Å². The molecule has 196 valence electrons. The predicted octanol–water partition coefficient (Wildman–Crippen LogP) is 4.45. The van der Waals surface area contributed by atoms with Gasteiger partial charge in [-0.25, -0.2) is 4.98 Å². The first-order chi connectivity index (χ1) is 17.2. The molecule has 2 aliphatic carbocycles.